The number of alkyl halides is 6. The fourth-order valence-electron chi connectivity index (χ4n) is 2.09. The second-order valence-electron chi connectivity index (χ2n) is 5.37. The highest BCUT2D eigenvalue weighted by molar-refractivity contribution is 5.52. The van der Waals surface area contributed by atoms with E-state index in [1.807, 2.05) is 0 Å². The number of rotatable bonds is 2. The van der Waals surface area contributed by atoms with Crippen LogP contribution >= 0.6 is 0 Å². The van der Waals surface area contributed by atoms with E-state index in [9.17, 15) is 36.6 Å². The van der Waals surface area contributed by atoms with Crippen molar-refractivity contribution in [1.82, 2.24) is 0 Å². The molecular weight excluding hydrogens is 354 g/mol. The van der Waals surface area contributed by atoms with Crippen LogP contribution in [0.5, 0.6) is 23.0 Å². The number of hydrogen-bond acceptors (Lipinski definition) is 3. The molecule has 2 aromatic carbocycles. The Hall–Kier alpha value is -2.58. The zero-order valence-electron chi connectivity index (χ0n) is 12.9. The number of hydrogen-bond donors (Lipinski definition) is 2. The molecule has 0 aliphatic rings. The van der Waals surface area contributed by atoms with E-state index in [2.05, 4.69) is 0 Å². The Morgan fingerprint density at radius 2 is 1.00 bits per heavy atom. The van der Waals surface area contributed by atoms with Crippen LogP contribution in [-0.4, -0.2) is 10.2 Å². The van der Waals surface area contributed by atoms with Gasteiger partial charge in [0.25, 0.3) is 0 Å². The quantitative estimate of drug-likeness (QED) is 0.686. The molecule has 9 heteroatoms. The number of phenolic OH excluding ortho intramolecular Hbond substituents is 2. The summed E-state index contributed by atoms with van der Waals surface area (Å²) in [6.45, 7) is 2.40. The van der Waals surface area contributed by atoms with E-state index in [1.54, 1.807) is 0 Å². The number of benzene rings is 2. The minimum Gasteiger partial charge on any atom is -0.508 e. The van der Waals surface area contributed by atoms with Crippen molar-refractivity contribution in [2.24, 2.45) is 0 Å². The molecule has 136 valence electrons. The summed E-state index contributed by atoms with van der Waals surface area (Å²) >= 11 is 0. The van der Waals surface area contributed by atoms with Crippen molar-refractivity contribution in [3.8, 4) is 23.0 Å². The SMILES string of the molecule is Cc1cc(C(F)(F)F)c(Oc2cc(O)c(C)cc2C(F)(F)F)cc1O. The molecule has 3 nitrogen and oxygen atoms in total. The molecule has 0 heterocycles. The molecule has 0 fully saturated rings. The first kappa shape index (κ1) is 18.8. The fourth-order valence-corrected chi connectivity index (χ4v) is 2.09. The minimum absolute atomic E-state index is 0.123. The smallest absolute Gasteiger partial charge is 0.419 e. The molecule has 0 saturated carbocycles. The molecule has 2 N–H and O–H groups in total. The highest BCUT2D eigenvalue weighted by Gasteiger charge is 2.38. The van der Waals surface area contributed by atoms with Gasteiger partial charge in [-0.15, -0.1) is 0 Å². The Labute approximate surface area is 138 Å². The molecule has 0 bridgehead atoms. The number of aryl methyl sites for hydroxylation is 2. The van der Waals surface area contributed by atoms with E-state index >= 15 is 0 Å². The van der Waals surface area contributed by atoms with Gasteiger partial charge in [0, 0.05) is 12.1 Å². The predicted octanol–water partition coefficient (Wildman–Crippen LogP) is 5.54. The first-order chi connectivity index (χ1) is 11.3. The van der Waals surface area contributed by atoms with Crippen LogP contribution in [-0.2, 0) is 12.4 Å². The Morgan fingerprint density at radius 1 is 0.680 bits per heavy atom. The molecule has 0 aliphatic carbocycles. The lowest BCUT2D eigenvalue weighted by Crippen LogP contribution is -2.10. The van der Waals surface area contributed by atoms with Gasteiger partial charge in [0.05, 0.1) is 11.1 Å². The number of aromatic hydroxyl groups is 2. The Morgan fingerprint density at radius 3 is 1.28 bits per heavy atom. The summed E-state index contributed by atoms with van der Waals surface area (Å²) in [4.78, 5) is 0. The maximum absolute atomic E-state index is 13.1. The van der Waals surface area contributed by atoms with Crippen LogP contribution in [0.4, 0.5) is 26.3 Å². The third-order valence-corrected chi connectivity index (χ3v) is 3.43. The fraction of sp³-hybridized carbons (Fsp3) is 0.250. The lowest BCUT2D eigenvalue weighted by atomic mass is 10.1. The molecule has 2 rings (SSSR count). The normalized spacial score (nSPS) is 12.3. The molecule has 0 atom stereocenters. The first-order valence-corrected chi connectivity index (χ1v) is 6.80. The monoisotopic (exact) mass is 366 g/mol. The van der Waals surface area contributed by atoms with Crippen molar-refractivity contribution >= 4 is 0 Å². The third kappa shape index (κ3) is 3.92. The summed E-state index contributed by atoms with van der Waals surface area (Å²) in [7, 11) is 0. The summed E-state index contributed by atoms with van der Waals surface area (Å²) in [5.74, 6) is -3.17. The van der Waals surface area contributed by atoms with E-state index in [1.165, 1.54) is 13.8 Å². The molecule has 0 aliphatic heterocycles. The van der Waals surface area contributed by atoms with Crippen LogP contribution < -0.4 is 4.74 Å². The Balaban J connectivity index is 2.65. The third-order valence-electron chi connectivity index (χ3n) is 3.43. The van der Waals surface area contributed by atoms with E-state index in [0.717, 1.165) is 0 Å². The molecule has 0 unspecified atom stereocenters. The van der Waals surface area contributed by atoms with Crippen molar-refractivity contribution in [2.45, 2.75) is 26.2 Å². The average Bonchev–Trinajstić information content (AvgIpc) is 2.43. The van der Waals surface area contributed by atoms with Crippen LogP contribution in [0.15, 0.2) is 24.3 Å². The maximum atomic E-state index is 13.1. The molecule has 0 aromatic heterocycles. The van der Waals surface area contributed by atoms with Gasteiger partial charge < -0.3 is 14.9 Å². The highest BCUT2D eigenvalue weighted by Crippen LogP contribution is 2.45. The second-order valence-corrected chi connectivity index (χ2v) is 5.37. The number of phenols is 2. The van der Waals surface area contributed by atoms with Crippen LogP contribution in [0.1, 0.15) is 22.3 Å². The summed E-state index contributed by atoms with van der Waals surface area (Å²) < 4.78 is 83.5. The van der Waals surface area contributed by atoms with Crippen molar-refractivity contribution < 1.29 is 41.3 Å². The predicted molar refractivity (Wildman–Crippen MR) is 75.8 cm³/mol. The molecule has 25 heavy (non-hydrogen) atoms. The molecule has 0 saturated heterocycles. The molecule has 0 spiro atoms. The van der Waals surface area contributed by atoms with Gasteiger partial charge in [0.15, 0.2) is 0 Å². The average molecular weight is 366 g/mol. The van der Waals surface area contributed by atoms with Gasteiger partial charge in [-0.2, -0.15) is 26.3 Å². The zero-order chi connectivity index (χ0) is 19.2. The van der Waals surface area contributed by atoms with Gasteiger partial charge in [-0.05, 0) is 37.1 Å². The van der Waals surface area contributed by atoms with Crippen molar-refractivity contribution in [1.29, 1.82) is 0 Å². The molecule has 0 radical (unpaired) electrons. The summed E-state index contributed by atoms with van der Waals surface area (Å²) in [5, 5.41) is 19.2. The van der Waals surface area contributed by atoms with E-state index in [4.69, 9.17) is 4.74 Å². The summed E-state index contributed by atoms with van der Waals surface area (Å²) in [6.07, 6.45) is -9.84. The molecule has 2 aromatic rings. The number of halogens is 6. The lowest BCUT2D eigenvalue weighted by Gasteiger charge is -2.19. The van der Waals surface area contributed by atoms with Crippen molar-refractivity contribution in [3.63, 3.8) is 0 Å². The van der Waals surface area contributed by atoms with Crippen LogP contribution in [0, 0.1) is 13.8 Å². The van der Waals surface area contributed by atoms with E-state index in [0.29, 0.717) is 24.3 Å². The minimum atomic E-state index is -4.92. The van der Waals surface area contributed by atoms with Gasteiger partial charge >= 0.3 is 12.4 Å². The van der Waals surface area contributed by atoms with E-state index < -0.39 is 46.5 Å². The maximum Gasteiger partial charge on any atom is 0.419 e. The van der Waals surface area contributed by atoms with Crippen molar-refractivity contribution in [3.05, 3.63) is 46.5 Å². The molecule has 0 amide bonds. The second kappa shape index (κ2) is 6.05. The van der Waals surface area contributed by atoms with Crippen LogP contribution in [0.3, 0.4) is 0 Å². The van der Waals surface area contributed by atoms with Crippen molar-refractivity contribution in [2.75, 3.05) is 0 Å². The first-order valence-electron chi connectivity index (χ1n) is 6.80. The Bertz CT molecular complexity index is 741. The van der Waals surface area contributed by atoms with Gasteiger partial charge in [-0.25, -0.2) is 0 Å². The summed E-state index contributed by atoms with van der Waals surface area (Å²) in [5.41, 5.74) is -2.95. The van der Waals surface area contributed by atoms with E-state index in [-0.39, 0.29) is 11.1 Å². The van der Waals surface area contributed by atoms with Gasteiger partial charge in [-0.3, -0.25) is 0 Å². The highest BCUT2D eigenvalue weighted by atomic mass is 19.4. The summed E-state index contributed by atoms with van der Waals surface area (Å²) in [6, 6.07) is 2.28. The lowest BCUT2D eigenvalue weighted by molar-refractivity contribution is -0.139. The Kier molecular flexibility index (Phi) is 4.54. The van der Waals surface area contributed by atoms with Gasteiger partial charge in [0.2, 0.25) is 0 Å². The number of ether oxygens (including phenoxy) is 1. The van der Waals surface area contributed by atoms with Crippen LogP contribution in [0.25, 0.3) is 0 Å². The largest absolute Gasteiger partial charge is 0.508 e. The van der Waals surface area contributed by atoms with Gasteiger partial charge in [-0.1, -0.05) is 0 Å². The van der Waals surface area contributed by atoms with Gasteiger partial charge in [0.1, 0.15) is 23.0 Å². The molecular formula is C16H12F6O3. The van der Waals surface area contributed by atoms with Crippen LogP contribution in [0.2, 0.25) is 0 Å². The topological polar surface area (TPSA) is 49.7 Å². The standard InChI is InChI=1S/C16H12F6O3/c1-7-3-9(15(17,18)19)13(5-11(7)23)25-14-6-12(24)8(2)4-10(14)16(20,21)22/h3-6,23-24H,1-2H3. The zero-order valence-corrected chi connectivity index (χ0v) is 12.9.